The van der Waals surface area contributed by atoms with Crippen LogP contribution < -0.4 is 4.72 Å². The third-order valence-electron chi connectivity index (χ3n) is 2.36. The monoisotopic (exact) mass is 243 g/mol. The molecule has 1 N–H and O–H groups in total. The molecule has 0 aromatic heterocycles. The van der Waals surface area contributed by atoms with Gasteiger partial charge in [-0.05, 0) is 26.2 Å². The minimum Gasteiger partial charge on any atom is -0.274 e. The van der Waals surface area contributed by atoms with E-state index in [0.717, 1.165) is 18.4 Å². The van der Waals surface area contributed by atoms with Crippen molar-refractivity contribution in [3.63, 3.8) is 0 Å². The Labute approximate surface area is 96.5 Å². The largest absolute Gasteiger partial charge is 0.274 e. The SMILES string of the molecule is CCS(=O)(=O)NC(=O)CCC1=CCCC=C1. The lowest BCUT2D eigenvalue weighted by atomic mass is 10.0. The quantitative estimate of drug-likeness (QED) is 0.796. The second-order valence-electron chi connectivity index (χ2n) is 3.69. The molecule has 1 rings (SSSR count). The fourth-order valence-corrected chi connectivity index (χ4v) is 2.00. The number of hydrogen-bond donors (Lipinski definition) is 1. The molecule has 0 heterocycles. The van der Waals surface area contributed by atoms with Crippen molar-refractivity contribution in [2.45, 2.75) is 32.6 Å². The summed E-state index contributed by atoms with van der Waals surface area (Å²) in [6.07, 6.45) is 9.00. The average Bonchev–Trinajstić information content (AvgIpc) is 2.27. The maximum atomic E-state index is 11.3. The van der Waals surface area contributed by atoms with Gasteiger partial charge in [-0.3, -0.25) is 9.52 Å². The molecule has 0 aliphatic heterocycles. The molecule has 90 valence electrons. The van der Waals surface area contributed by atoms with Crippen LogP contribution in [-0.4, -0.2) is 20.1 Å². The van der Waals surface area contributed by atoms with E-state index in [-0.39, 0.29) is 12.2 Å². The van der Waals surface area contributed by atoms with E-state index in [4.69, 9.17) is 0 Å². The molecule has 0 aromatic carbocycles. The summed E-state index contributed by atoms with van der Waals surface area (Å²) in [6.45, 7) is 1.50. The van der Waals surface area contributed by atoms with Gasteiger partial charge >= 0.3 is 0 Å². The van der Waals surface area contributed by atoms with Crippen molar-refractivity contribution in [1.82, 2.24) is 4.72 Å². The van der Waals surface area contributed by atoms with E-state index in [2.05, 4.69) is 12.2 Å². The topological polar surface area (TPSA) is 63.2 Å². The summed E-state index contributed by atoms with van der Waals surface area (Å²) in [6, 6.07) is 0. The highest BCUT2D eigenvalue weighted by molar-refractivity contribution is 7.90. The van der Waals surface area contributed by atoms with E-state index in [1.807, 2.05) is 10.8 Å². The summed E-state index contributed by atoms with van der Waals surface area (Å²) < 4.78 is 24.2. The normalized spacial score (nSPS) is 15.7. The second-order valence-corrected chi connectivity index (χ2v) is 5.70. The van der Waals surface area contributed by atoms with Crippen LogP contribution in [0.5, 0.6) is 0 Å². The van der Waals surface area contributed by atoms with Crippen molar-refractivity contribution in [2.75, 3.05) is 5.75 Å². The Morgan fingerprint density at radius 2 is 2.19 bits per heavy atom. The number of amides is 1. The number of nitrogens with one attached hydrogen (secondary N) is 1. The highest BCUT2D eigenvalue weighted by atomic mass is 32.2. The Kier molecular flexibility index (Phi) is 4.73. The van der Waals surface area contributed by atoms with Crippen LogP contribution in [0.15, 0.2) is 23.8 Å². The highest BCUT2D eigenvalue weighted by Crippen LogP contribution is 2.14. The first-order valence-electron chi connectivity index (χ1n) is 5.42. The lowest BCUT2D eigenvalue weighted by Gasteiger charge is -2.07. The summed E-state index contributed by atoms with van der Waals surface area (Å²) >= 11 is 0. The number of carbonyl (C=O) groups is 1. The van der Waals surface area contributed by atoms with Gasteiger partial charge in [0, 0.05) is 6.42 Å². The summed E-state index contributed by atoms with van der Waals surface area (Å²) in [5, 5.41) is 0. The number of allylic oxidation sites excluding steroid dienone is 4. The van der Waals surface area contributed by atoms with Crippen LogP contribution in [0.4, 0.5) is 0 Å². The maximum absolute atomic E-state index is 11.3. The molecule has 1 amide bonds. The van der Waals surface area contributed by atoms with Gasteiger partial charge in [0.25, 0.3) is 0 Å². The van der Waals surface area contributed by atoms with E-state index in [0.29, 0.717) is 6.42 Å². The third-order valence-corrected chi connectivity index (χ3v) is 3.66. The molecular formula is C11H17NO3S. The van der Waals surface area contributed by atoms with Gasteiger partial charge in [-0.2, -0.15) is 0 Å². The molecule has 0 bridgehead atoms. The summed E-state index contributed by atoms with van der Waals surface area (Å²) in [5.41, 5.74) is 1.11. The number of rotatable bonds is 5. The first kappa shape index (κ1) is 13.0. The smallest absolute Gasteiger partial charge is 0.234 e. The van der Waals surface area contributed by atoms with Crippen LogP contribution in [0.1, 0.15) is 32.6 Å². The van der Waals surface area contributed by atoms with E-state index >= 15 is 0 Å². The molecule has 0 aromatic rings. The van der Waals surface area contributed by atoms with Crippen molar-refractivity contribution >= 4 is 15.9 Å². The predicted octanol–water partition coefficient (Wildman–Crippen LogP) is 1.51. The third kappa shape index (κ3) is 4.61. The van der Waals surface area contributed by atoms with E-state index < -0.39 is 15.9 Å². The molecular weight excluding hydrogens is 226 g/mol. The minimum absolute atomic E-state index is 0.0681. The molecule has 16 heavy (non-hydrogen) atoms. The Morgan fingerprint density at radius 3 is 2.75 bits per heavy atom. The van der Waals surface area contributed by atoms with Crippen LogP contribution >= 0.6 is 0 Å². The first-order chi connectivity index (χ1) is 7.53. The first-order valence-corrected chi connectivity index (χ1v) is 7.07. The van der Waals surface area contributed by atoms with Gasteiger partial charge in [0.1, 0.15) is 0 Å². The van der Waals surface area contributed by atoms with E-state index in [1.165, 1.54) is 6.92 Å². The molecule has 4 nitrogen and oxygen atoms in total. The number of hydrogen-bond acceptors (Lipinski definition) is 3. The maximum Gasteiger partial charge on any atom is 0.234 e. The molecule has 0 radical (unpaired) electrons. The molecule has 0 fully saturated rings. The molecule has 0 saturated heterocycles. The fraction of sp³-hybridized carbons (Fsp3) is 0.545. The summed E-state index contributed by atoms with van der Waals surface area (Å²) in [4.78, 5) is 11.3. The highest BCUT2D eigenvalue weighted by Gasteiger charge is 2.11. The van der Waals surface area contributed by atoms with Crippen LogP contribution in [0.25, 0.3) is 0 Å². The average molecular weight is 243 g/mol. The standard InChI is InChI=1S/C11H17NO3S/c1-2-16(14,15)12-11(13)9-8-10-6-4-3-5-7-10/h4,6-7H,2-3,5,8-9H2,1H3,(H,12,13). The van der Waals surface area contributed by atoms with Crippen molar-refractivity contribution in [2.24, 2.45) is 0 Å². The van der Waals surface area contributed by atoms with Gasteiger partial charge in [0.05, 0.1) is 5.75 Å². The molecule has 0 unspecified atom stereocenters. The zero-order valence-electron chi connectivity index (χ0n) is 9.40. The van der Waals surface area contributed by atoms with Gasteiger partial charge in [-0.15, -0.1) is 0 Å². The lowest BCUT2D eigenvalue weighted by molar-refractivity contribution is -0.119. The van der Waals surface area contributed by atoms with Crippen molar-refractivity contribution in [3.8, 4) is 0 Å². The second kappa shape index (κ2) is 5.84. The predicted molar refractivity (Wildman–Crippen MR) is 63.3 cm³/mol. The Morgan fingerprint density at radius 1 is 1.44 bits per heavy atom. The van der Waals surface area contributed by atoms with Crippen LogP contribution in [0, 0.1) is 0 Å². The zero-order chi connectivity index (χ0) is 12.0. The van der Waals surface area contributed by atoms with Gasteiger partial charge in [0.2, 0.25) is 15.9 Å². The minimum atomic E-state index is -3.41. The van der Waals surface area contributed by atoms with Crippen LogP contribution in [0.3, 0.4) is 0 Å². The molecule has 5 heteroatoms. The zero-order valence-corrected chi connectivity index (χ0v) is 10.2. The number of sulfonamides is 1. The van der Waals surface area contributed by atoms with E-state index in [9.17, 15) is 13.2 Å². The number of carbonyl (C=O) groups excluding carboxylic acids is 1. The van der Waals surface area contributed by atoms with Crippen molar-refractivity contribution in [3.05, 3.63) is 23.8 Å². The molecule has 0 atom stereocenters. The van der Waals surface area contributed by atoms with Crippen molar-refractivity contribution in [1.29, 1.82) is 0 Å². The van der Waals surface area contributed by atoms with Gasteiger partial charge in [0.15, 0.2) is 0 Å². The Balaban J connectivity index is 2.36. The van der Waals surface area contributed by atoms with Crippen LogP contribution in [-0.2, 0) is 14.8 Å². The van der Waals surface area contributed by atoms with Gasteiger partial charge in [-0.25, -0.2) is 8.42 Å². The Hall–Kier alpha value is -1.10. The van der Waals surface area contributed by atoms with Crippen LogP contribution in [0.2, 0.25) is 0 Å². The molecule has 1 aliphatic rings. The van der Waals surface area contributed by atoms with E-state index in [1.54, 1.807) is 0 Å². The molecule has 0 saturated carbocycles. The lowest BCUT2D eigenvalue weighted by Crippen LogP contribution is -2.31. The Bertz CT molecular complexity index is 407. The fourth-order valence-electron chi connectivity index (χ4n) is 1.41. The molecule has 1 aliphatic carbocycles. The summed E-state index contributed by atoms with van der Waals surface area (Å²) in [7, 11) is -3.41. The van der Waals surface area contributed by atoms with Gasteiger partial charge in [-0.1, -0.05) is 23.8 Å². The van der Waals surface area contributed by atoms with Crippen molar-refractivity contribution < 1.29 is 13.2 Å². The van der Waals surface area contributed by atoms with Gasteiger partial charge < -0.3 is 0 Å². The molecule has 0 spiro atoms. The summed E-state index contributed by atoms with van der Waals surface area (Å²) in [5.74, 6) is -0.497.